The third kappa shape index (κ3) is 6.50. The molecule has 0 saturated heterocycles. The largest absolute Gasteiger partial charge is 0.482 e. The summed E-state index contributed by atoms with van der Waals surface area (Å²) in [5.74, 6) is -1.52. The Bertz CT molecular complexity index is 1120. The number of benzene rings is 2. The van der Waals surface area contributed by atoms with Crippen LogP contribution in [0.4, 0.5) is 5.00 Å². The molecule has 170 valence electrons. The summed E-state index contributed by atoms with van der Waals surface area (Å²) in [6.45, 7) is 0.931. The van der Waals surface area contributed by atoms with Crippen LogP contribution in [0.5, 0.6) is 5.75 Å². The fraction of sp³-hybridized carbons (Fsp3) is 0.167. The van der Waals surface area contributed by atoms with Gasteiger partial charge in [0, 0.05) is 16.5 Å². The molecule has 2 aromatic carbocycles. The average molecular weight is 467 g/mol. The molecule has 0 unspecified atom stereocenters. The normalized spacial score (nSPS) is 10.2. The number of carbonyl (C=O) groups is 4. The molecule has 0 aliphatic carbocycles. The van der Waals surface area contributed by atoms with Crippen molar-refractivity contribution in [2.24, 2.45) is 0 Å². The zero-order valence-corrected chi connectivity index (χ0v) is 18.6. The van der Waals surface area contributed by atoms with E-state index < -0.39 is 31.1 Å². The van der Waals surface area contributed by atoms with Gasteiger partial charge in [-0.1, -0.05) is 30.3 Å². The van der Waals surface area contributed by atoms with E-state index in [2.05, 4.69) is 5.32 Å². The maximum atomic E-state index is 12.5. The quantitative estimate of drug-likeness (QED) is 0.355. The van der Waals surface area contributed by atoms with E-state index in [0.717, 1.165) is 5.56 Å². The highest BCUT2D eigenvalue weighted by Crippen LogP contribution is 2.36. The number of esters is 2. The Balaban J connectivity index is 1.59. The zero-order valence-electron chi connectivity index (χ0n) is 17.7. The highest BCUT2D eigenvalue weighted by atomic mass is 32.1. The van der Waals surface area contributed by atoms with Crippen LogP contribution in [-0.2, 0) is 19.1 Å². The zero-order chi connectivity index (χ0) is 23.6. The molecule has 0 spiro atoms. The monoisotopic (exact) mass is 467 g/mol. The SMILES string of the molecule is CCOC(=O)c1c(-c2ccccc2)csc1NC(=O)COC(=O)COc1ccc(C=O)cc1. The highest BCUT2D eigenvalue weighted by Gasteiger charge is 2.23. The first-order valence-corrected chi connectivity index (χ1v) is 10.9. The molecule has 3 rings (SSSR count). The maximum absolute atomic E-state index is 12.5. The maximum Gasteiger partial charge on any atom is 0.344 e. The molecule has 8 nitrogen and oxygen atoms in total. The Kier molecular flexibility index (Phi) is 8.31. The van der Waals surface area contributed by atoms with Gasteiger partial charge in [0.1, 0.15) is 22.6 Å². The van der Waals surface area contributed by atoms with E-state index in [1.165, 1.54) is 11.3 Å². The van der Waals surface area contributed by atoms with Crippen molar-refractivity contribution < 1.29 is 33.4 Å². The summed E-state index contributed by atoms with van der Waals surface area (Å²) in [7, 11) is 0. The van der Waals surface area contributed by atoms with Crippen LogP contribution < -0.4 is 10.1 Å². The van der Waals surface area contributed by atoms with Crippen molar-refractivity contribution in [3.8, 4) is 16.9 Å². The first-order chi connectivity index (χ1) is 16.0. The lowest BCUT2D eigenvalue weighted by Crippen LogP contribution is -2.24. The minimum atomic E-state index is -0.744. The number of aldehydes is 1. The van der Waals surface area contributed by atoms with E-state index in [4.69, 9.17) is 14.2 Å². The van der Waals surface area contributed by atoms with Crippen molar-refractivity contribution in [2.75, 3.05) is 25.1 Å². The predicted molar refractivity (Wildman–Crippen MR) is 123 cm³/mol. The van der Waals surface area contributed by atoms with Crippen molar-refractivity contribution in [1.82, 2.24) is 0 Å². The lowest BCUT2D eigenvalue weighted by Gasteiger charge is -2.10. The fourth-order valence-electron chi connectivity index (χ4n) is 2.82. The summed E-state index contributed by atoms with van der Waals surface area (Å²) in [6, 6.07) is 15.4. The molecule has 0 aliphatic heterocycles. The summed E-state index contributed by atoms with van der Waals surface area (Å²) >= 11 is 1.18. The number of ether oxygens (including phenoxy) is 3. The predicted octanol–water partition coefficient (Wildman–Crippen LogP) is 3.97. The summed E-state index contributed by atoms with van der Waals surface area (Å²) in [5.41, 5.74) is 2.17. The van der Waals surface area contributed by atoms with Gasteiger partial charge in [0.15, 0.2) is 13.2 Å². The van der Waals surface area contributed by atoms with Gasteiger partial charge in [0.25, 0.3) is 5.91 Å². The standard InChI is InChI=1S/C24H21NO7S/c1-2-30-24(29)22-19(17-6-4-3-5-7-17)15-33-23(22)25-20(27)13-32-21(28)14-31-18-10-8-16(12-26)9-11-18/h3-12,15H,2,13-14H2,1H3,(H,25,27). The van der Waals surface area contributed by atoms with Gasteiger partial charge in [-0.3, -0.25) is 9.59 Å². The number of hydrogen-bond acceptors (Lipinski definition) is 8. The lowest BCUT2D eigenvalue weighted by molar-refractivity contribution is -0.149. The van der Waals surface area contributed by atoms with Gasteiger partial charge in [-0.15, -0.1) is 11.3 Å². The fourth-order valence-corrected chi connectivity index (χ4v) is 3.79. The van der Waals surface area contributed by atoms with E-state index in [-0.39, 0.29) is 12.2 Å². The van der Waals surface area contributed by atoms with Crippen molar-refractivity contribution in [3.05, 3.63) is 71.1 Å². The van der Waals surface area contributed by atoms with Crippen LogP contribution in [0.3, 0.4) is 0 Å². The van der Waals surface area contributed by atoms with E-state index in [9.17, 15) is 19.2 Å². The summed E-state index contributed by atoms with van der Waals surface area (Å²) < 4.78 is 15.4. The third-order valence-electron chi connectivity index (χ3n) is 4.35. The van der Waals surface area contributed by atoms with Crippen molar-refractivity contribution >= 4 is 40.5 Å². The molecule has 0 aliphatic rings. The van der Waals surface area contributed by atoms with E-state index in [1.807, 2.05) is 30.3 Å². The van der Waals surface area contributed by atoms with Crippen molar-refractivity contribution in [3.63, 3.8) is 0 Å². The van der Waals surface area contributed by atoms with E-state index in [0.29, 0.717) is 28.2 Å². The van der Waals surface area contributed by atoms with Gasteiger partial charge in [-0.2, -0.15) is 0 Å². The Labute approximate surface area is 194 Å². The molecular weight excluding hydrogens is 446 g/mol. The number of carbonyl (C=O) groups excluding carboxylic acids is 4. The van der Waals surface area contributed by atoms with Crippen LogP contribution >= 0.6 is 11.3 Å². The molecule has 0 fully saturated rings. The van der Waals surface area contributed by atoms with E-state index in [1.54, 1.807) is 36.6 Å². The summed E-state index contributed by atoms with van der Waals surface area (Å²) in [5, 5.41) is 4.67. The minimum Gasteiger partial charge on any atom is -0.482 e. The Morgan fingerprint density at radius 3 is 2.36 bits per heavy atom. The van der Waals surface area contributed by atoms with Crippen LogP contribution in [0.25, 0.3) is 11.1 Å². The second-order valence-corrected chi connectivity index (χ2v) is 7.50. The highest BCUT2D eigenvalue weighted by molar-refractivity contribution is 7.15. The van der Waals surface area contributed by atoms with E-state index >= 15 is 0 Å². The summed E-state index contributed by atoms with van der Waals surface area (Å²) in [6.07, 6.45) is 0.695. The van der Waals surface area contributed by atoms with Gasteiger partial charge in [-0.05, 0) is 36.8 Å². The first-order valence-electron chi connectivity index (χ1n) is 9.99. The molecule has 33 heavy (non-hydrogen) atoms. The molecule has 1 heterocycles. The third-order valence-corrected chi connectivity index (χ3v) is 5.24. The molecule has 1 N–H and O–H groups in total. The number of anilines is 1. The molecule has 1 aromatic heterocycles. The Morgan fingerprint density at radius 2 is 1.70 bits per heavy atom. The van der Waals surface area contributed by atoms with Crippen LogP contribution in [0, 0.1) is 0 Å². The first kappa shape index (κ1) is 23.7. The second-order valence-electron chi connectivity index (χ2n) is 6.62. The molecule has 0 saturated carbocycles. The van der Waals surface area contributed by atoms with Crippen LogP contribution in [0.15, 0.2) is 60.0 Å². The van der Waals surface area contributed by atoms with Crippen molar-refractivity contribution in [1.29, 1.82) is 0 Å². The number of nitrogens with one attached hydrogen (secondary N) is 1. The molecule has 9 heteroatoms. The van der Waals surface area contributed by atoms with Crippen molar-refractivity contribution in [2.45, 2.75) is 6.92 Å². The van der Waals surface area contributed by atoms with Gasteiger partial charge in [0.2, 0.25) is 0 Å². The van der Waals surface area contributed by atoms with Gasteiger partial charge in [0.05, 0.1) is 6.61 Å². The molecule has 0 bridgehead atoms. The molecule has 0 radical (unpaired) electrons. The summed E-state index contributed by atoms with van der Waals surface area (Å²) in [4.78, 5) is 47.4. The minimum absolute atomic E-state index is 0.186. The van der Waals surface area contributed by atoms with Gasteiger partial charge in [-0.25, -0.2) is 9.59 Å². The van der Waals surface area contributed by atoms with Gasteiger partial charge < -0.3 is 19.5 Å². The van der Waals surface area contributed by atoms with Crippen LogP contribution in [0.2, 0.25) is 0 Å². The Hall–Kier alpha value is -3.98. The van der Waals surface area contributed by atoms with Crippen LogP contribution in [0.1, 0.15) is 27.6 Å². The topological polar surface area (TPSA) is 108 Å². The molecule has 0 atom stereocenters. The second kappa shape index (κ2) is 11.6. The average Bonchev–Trinajstić information content (AvgIpc) is 3.26. The number of hydrogen-bond donors (Lipinski definition) is 1. The molecular formula is C24H21NO7S. The molecule has 3 aromatic rings. The lowest BCUT2D eigenvalue weighted by atomic mass is 10.0. The van der Waals surface area contributed by atoms with Gasteiger partial charge >= 0.3 is 11.9 Å². The Morgan fingerprint density at radius 1 is 0.970 bits per heavy atom. The van der Waals surface area contributed by atoms with Crippen LogP contribution in [-0.4, -0.2) is 44.0 Å². The number of rotatable bonds is 10. The number of thiophene rings is 1. The number of amides is 1. The molecule has 1 amide bonds. The smallest absolute Gasteiger partial charge is 0.344 e.